The normalized spacial score (nSPS) is 12.9. The summed E-state index contributed by atoms with van der Waals surface area (Å²) >= 11 is 0. The minimum atomic E-state index is -0.640. The van der Waals surface area contributed by atoms with Crippen LogP contribution in [0.1, 0.15) is 32.3 Å². The Bertz CT molecular complexity index is 468. The zero-order chi connectivity index (χ0) is 15.3. The molecule has 4 N–H and O–H groups in total. The van der Waals surface area contributed by atoms with Crippen molar-refractivity contribution in [1.29, 1.82) is 0 Å². The zero-order valence-electron chi connectivity index (χ0n) is 11.9. The maximum atomic E-state index is 13.3. The number of ether oxygens (including phenoxy) is 1. The number of anilines is 1. The van der Waals surface area contributed by atoms with Crippen molar-refractivity contribution >= 4 is 11.8 Å². The zero-order valence-corrected chi connectivity index (χ0v) is 11.9. The van der Waals surface area contributed by atoms with Crippen LogP contribution in [0.3, 0.4) is 0 Å². The Labute approximate surface area is 117 Å². The Morgan fingerprint density at radius 1 is 1.50 bits per heavy atom. The highest BCUT2D eigenvalue weighted by Gasteiger charge is 2.19. The van der Waals surface area contributed by atoms with Crippen molar-refractivity contribution in [2.75, 3.05) is 18.5 Å². The van der Waals surface area contributed by atoms with Gasteiger partial charge in [-0.3, -0.25) is 5.32 Å². The third kappa shape index (κ3) is 4.79. The molecule has 0 heterocycles. The topological polar surface area (TPSA) is 84.6 Å². The van der Waals surface area contributed by atoms with Crippen LogP contribution < -0.4 is 11.1 Å². The molecule has 0 radical (unpaired) electrons. The van der Waals surface area contributed by atoms with Gasteiger partial charge >= 0.3 is 6.09 Å². The van der Waals surface area contributed by atoms with E-state index >= 15 is 0 Å². The van der Waals surface area contributed by atoms with Gasteiger partial charge in [0.25, 0.3) is 0 Å². The number of hydrogen-bond acceptors (Lipinski definition) is 4. The van der Waals surface area contributed by atoms with Crippen molar-refractivity contribution in [2.24, 2.45) is 5.73 Å². The molecule has 0 aliphatic heterocycles. The van der Waals surface area contributed by atoms with Crippen LogP contribution in [0.2, 0.25) is 0 Å². The maximum Gasteiger partial charge on any atom is 0.412 e. The number of benzene rings is 1. The van der Waals surface area contributed by atoms with E-state index in [2.05, 4.69) is 5.32 Å². The predicted molar refractivity (Wildman–Crippen MR) is 75.1 cm³/mol. The molecular weight excluding hydrogens is 263 g/mol. The SMILES string of the molecule is CC(C)(C)OC(=O)Nc1ccc(F)cc1C(CN)CO. The number of amides is 1. The van der Waals surface area contributed by atoms with E-state index in [1.54, 1.807) is 20.8 Å². The molecule has 0 fully saturated rings. The molecule has 0 aromatic heterocycles. The number of aliphatic hydroxyl groups excluding tert-OH is 1. The largest absolute Gasteiger partial charge is 0.444 e. The summed E-state index contributed by atoms with van der Waals surface area (Å²) in [4.78, 5) is 11.7. The molecule has 5 nitrogen and oxygen atoms in total. The number of nitrogens with two attached hydrogens (primary N) is 1. The molecule has 0 saturated carbocycles. The van der Waals surface area contributed by atoms with Gasteiger partial charge < -0.3 is 15.6 Å². The van der Waals surface area contributed by atoms with Crippen LogP contribution in [0.5, 0.6) is 0 Å². The Balaban J connectivity index is 2.97. The first kappa shape index (κ1) is 16.4. The third-order valence-electron chi connectivity index (χ3n) is 2.59. The van der Waals surface area contributed by atoms with Gasteiger partial charge in [0, 0.05) is 18.2 Å². The van der Waals surface area contributed by atoms with Gasteiger partial charge in [0.2, 0.25) is 0 Å². The molecule has 1 aromatic rings. The summed E-state index contributed by atoms with van der Waals surface area (Å²) in [7, 11) is 0. The average molecular weight is 284 g/mol. The van der Waals surface area contributed by atoms with E-state index in [0.29, 0.717) is 11.3 Å². The summed E-state index contributed by atoms with van der Waals surface area (Å²) in [6, 6.07) is 3.90. The quantitative estimate of drug-likeness (QED) is 0.791. The second kappa shape index (κ2) is 6.67. The molecule has 0 bridgehead atoms. The first-order valence-electron chi connectivity index (χ1n) is 6.37. The van der Waals surface area contributed by atoms with E-state index in [9.17, 15) is 14.3 Å². The highest BCUT2D eigenvalue weighted by Crippen LogP contribution is 2.25. The molecule has 0 aliphatic carbocycles. The smallest absolute Gasteiger partial charge is 0.412 e. The van der Waals surface area contributed by atoms with E-state index in [4.69, 9.17) is 10.5 Å². The van der Waals surface area contributed by atoms with Crippen LogP contribution in [0.4, 0.5) is 14.9 Å². The van der Waals surface area contributed by atoms with Crippen molar-refractivity contribution in [2.45, 2.75) is 32.3 Å². The van der Waals surface area contributed by atoms with E-state index < -0.39 is 23.4 Å². The Morgan fingerprint density at radius 2 is 2.15 bits per heavy atom. The van der Waals surface area contributed by atoms with Crippen molar-refractivity contribution in [1.82, 2.24) is 0 Å². The Morgan fingerprint density at radius 3 is 2.65 bits per heavy atom. The second-order valence-corrected chi connectivity index (χ2v) is 5.47. The van der Waals surface area contributed by atoms with Crippen molar-refractivity contribution in [3.63, 3.8) is 0 Å². The maximum absolute atomic E-state index is 13.3. The van der Waals surface area contributed by atoms with E-state index in [-0.39, 0.29) is 13.2 Å². The van der Waals surface area contributed by atoms with Crippen molar-refractivity contribution < 1.29 is 19.0 Å². The van der Waals surface area contributed by atoms with E-state index in [0.717, 1.165) is 0 Å². The lowest BCUT2D eigenvalue weighted by molar-refractivity contribution is 0.0635. The molecular formula is C14H21FN2O3. The minimum absolute atomic E-state index is 0.142. The predicted octanol–water partition coefficient (Wildman–Crippen LogP) is 2.21. The van der Waals surface area contributed by atoms with E-state index in [1.807, 2.05) is 0 Å². The minimum Gasteiger partial charge on any atom is -0.444 e. The van der Waals surface area contributed by atoms with Crippen LogP contribution in [0.25, 0.3) is 0 Å². The number of rotatable bonds is 4. The fourth-order valence-electron chi connectivity index (χ4n) is 1.70. The molecule has 0 saturated heterocycles. The second-order valence-electron chi connectivity index (χ2n) is 5.47. The van der Waals surface area contributed by atoms with Crippen LogP contribution in [-0.2, 0) is 4.74 Å². The number of nitrogens with one attached hydrogen (secondary N) is 1. The summed E-state index contributed by atoms with van der Waals surface area (Å²) in [5.74, 6) is -0.905. The number of carbonyl (C=O) groups is 1. The highest BCUT2D eigenvalue weighted by atomic mass is 19.1. The number of aliphatic hydroxyl groups is 1. The molecule has 1 unspecified atom stereocenters. The Kier molecular flexibility index (Phi) is 5.47. The average Bonchev–Trinajstić information content (AvgIpc) is 2.31. The Hall–Kier alpha value is -1.66. The summed E-state index contributed by atoms with van der Waals surface area (Å²) in [5.41, 5.74) is 5.74. The molecule has 1 amide bonds. The van der Waals surface area contributed by atoms with Gasteiger partial charge in [-0.2, -0.15) is 0 Å². The third-order valence-corrected chi connectivity index (χ3v) is 2.59. The standard InChI is InChI=1S/C14H21FN2O3/c1-14(2,3)20-13(19)17-12-5-4-10(15)6-11(12)9(7-16)8-18/h4-6,9,18H,7-8,16H2,1-3H3,(H,17,19). The monoisotopic (exact) mass is 284 g/mol. The molecule has 0 spiro atoms. The molecule has 1 atom stereocenters. The van der Waals surface area contributed by atoms with Gasteiger partial charge in [-0.25, -0.2) is 9.18 Å². The number of hydrogen-bond donors (Lipinski definition) is 3. The molecule has 20 heavy (non-hydrogen) atoms. The first-order chi connectivity index (χ1) is 9.26. The van der Waals surface area contributed by atoms with Crippen LogP contribution in [0, 0.1) is 5.82 Å². The first-order valence-corrected chi connectivity index (χ1v) is 6.37. The molecule has 1 aromatic carbocycles. The summed E-state index contributed by atoms with van der Waals surface area (Å²) < 4.78 is 18.5. The lowest BCUT2D eigenvalue weighted by atomic mass is 9.98. The van der Waals surface area contributed by atoms with Gasteiger partial charge in [0.15, 0.2) is 0 Å². The van der Waals surface area contributed by atoms with Crippen LogP contribution >= 0.6 is 0 Å². The van der Waals surface area contributed by atoms with Crippen molar-refractivity contribution in [3.05, 3.63) is 29.6 Å². The number of halogens is 1. The van der Waals surface area contributed by atoms with E-state index in [1.165, 1.54) is 18.2 Å². The fraction of sp³-hybridized carbons (Fsp3) is 0.500. The molecule has 1 rings (SSSR count). The van der Waals surface area contributed by atoms with Gasteiger partial charge in [0.1, 0.15) is 11.4 Å². The lowest BCUT2D eigenvalue weighted by Crippen LogP contribution is -2.28. The van der Waals surface area contributed by atoms with Gasteiger partial charge in [-0.05, 0) is 44.5 Å². The van der Waals surface area contributed by atoms with Gasteiger partial charge in [-0.1, -0.05) is 0 Å². The van der Waals surface area contributed by atoms with Gasteiger partial charge in [-0.15, -0.1) is 0 Å². The summed E-state index contributed by atoms with van der Waals surface area (Å²) in [6.07, 6.45) is -0.640. The van der Waals surface area contributed by atoms with Crippen LogP contribution in [-0.4, -0.2) is 30.0 Å². The fourth-order valence-corrected chi connectivity index (χ4v) is 1.70. The van der Waals surface area contributed by atoms with Crippen LogP contribution in [0.15, 0.2) is 18.2 Å². The van der Waals surface area contributed by atoms with Gasteiger partial charge in [0.05, 0.1) is 6.61 Å². The summed E-state index contributed by atoms with van der Waals surface area (Å²) in [6.45, 7) is 5.14. The number of carbonyl (C=O) groups excluding carboxylic acids is 1. The van der Waals surface area contributed by atoms with Crippen molar-refractivity contribution in [3.8, 4) is 0 Å². The lowest BCUT2D eigenvalue weighted by Gasteiger charge is -2.22. The molecule has 6 heteroatoms. The highest BCUT2D eigenvalue weighted by molar-refractivity contribution is 5.86. The molecule has 112 valence electrons. The summed E-state index contributed by atoms with van der Waals surface area (Å²) in [5, 5.41) is 11.8. The molecule has 0 aliphatic rings.